The predicted molar refractivity (Wildman–Crippen MR) is 122 cm³/mol. The number of phenols is 2. The molecule has 0 saturated heterocycles. The number of aromatic hydroxyl groups is 2. The Kier molecular flexibility index (Phi) is 8.63. The van der Waals surface area contributed by atoms with E-state index >= 15 is 0 Å². The molecular weight excluding hydrogens is 360 g/mol. The zero-order chi connectivity index (χ0) is 21.6. The van der Waals surface area contributed by atoms with E-state index in [2.05, 4.69) is 27.7 Å². The number of hydrogen-bond acceptors (Lipinski definition) is 3. The highest BCUT2D eigenvalue weighted by Crippen LogP contribution is 2.46. The molecule has 0 spiro atoms. The van der Waals surface area contributed by atoms with Gasteiger partial charge in [0.05, 0.1) is 5.56 Å². The summed E-state index contributed by atoms with van der Waals surface area (Å²) in [7, 11) is 0. The molecule has 0 aliphatic heterocycles. The van der Waals surface area contributed by atoms with Crippen LogP contribution in [0.5, 0.6) is 11.5 Å². The maximum Gasteiger partial charge on any atom is 0.127 e. The Morgan fingerprint density at radius 2 is 1.76 bits per heavy atom. The average Bonchev–Trinajstić information content (AvgIpc) is 2.66. The minimum absolute atomic E-state index is 0.0797. The Labute approximate surface area is 177 Å². The van der Waals surface area contributed by atoms with Gasteiger partial charge in [0.2, 0.25) is 0 Å². The van der Waals surface area contributed by atoms with E-state index in [1.807, 2.05) is 19.1 Å². The highest BCUT2D eigenvalue weighted by Gasteiger charge is 2.27. The van der Waals surface area contributed by atoms with Crippen LogP contribution >= 0.6 is 0 Å². The molecule has 0 fully saturated rings. The molecule has 2 rings (SSSR count). The SMILES string of the molecule is CCCCCCC(C)(C)c1cc(O)c(C2=C(CC(C)CO)CCC(C)C2)c(O)c1. The summed E-state index contributed by atoms with van der Waals surface area (Å²) in [6.45, 7) is 11.1. The average molecular weight is 403 g/mol. The third kappa shape index (κ3) is 6.25. The molecule has 3 N–H and O–H groups in total. The van der Waals surface area contributed by atoms with E-state index < -0.39 is 0 Å². The smallest absolute Gasteiger partial charge is 0.127 e. The molecule has 1 aliphatic carbocycles. The summed E-state index contributed by atoms with van der Waals surface area (Å²) in [5.41, 5.74) is 3.90. The van der Waals surface area contributed by atoms with Crippen molar-refractivity contribution >= 4 is 5.57 Å². The first-order chi connectivity index (χ1) is 13.7. The minimum atomic E-state index is -0.0797. The number of aliphatic hydroxyl groups excluding tert-OH is 1. The molecule has 2 unspecified atom stereocenters. The lowest BCUT2D eigenvalue weighted by Gasteiger charge is -2.30. The van der Waals surface area contributed by atoms with Gasteiger partial charge in [0.25, 0.3) is 0 Å². The van der Waals surface area contributed by atoms with Crippen molar-refractivity contribution in [1.29, 1.82) is 0 Å². The van der Waals surface area contributed by atoms with Crippen molar-refractivity contribution in [2.75, 3.05) is 6.61 Å². The Bertz CT molecular complexity index is 679. The van der Waals surface area contributed by atoms with Gasteiger partial charge in [0.1, 0.15) is 11.5 Å². The van der Waals surface area contributed by atoms with Gasteiger partial charge in [-0.2, -0.15) is 0 Å². The van der Waals surface area contributed by atoms with Crippen LogP contribution in [-0.4, -0.2) is 21.9 Å². The van der Waals surface area contributed by atoms with Crippen LogP contribution in [0, 0.1) is 11.8 Å². The van der Waals surface area contributed by atoms with Crippen molar-refractivity contribution in [3.63, 3.8) is 0 Å². The van der Waals surface area contributed by atoms with Crippen molar-refractivity contribution < 1.29 is 15.3 Å². The van der Waals surface area contributed by atoms with Crippen LogP contribution in [0.3, 0.4) is 0 Å². The van der Waals surface area contributed by atoms with Crippen LogP contribution in [-0.2, 0) is 5.41 Å². The summed E-state index contributed by atoms with van der Waals surface area (Å²) >= 11 is 0. The van der Waals surface area contributed by atoms with Crippen LogP contribution in [0.1, 0.15) is 104 Å². The van der Waals surface area contributed by atoms with Crippen molar-refractivity contribution in [3.8, 4) is 11.5 Å². The fraction of sp³-hybridized carbons (Fsp3) is 0.692. The minimum Gasteiger partial charge on any atom is -0.507 e. The molecule has 2 atom stereocenters. The molecule has 0 bridgehead atoms. The summed E-state index contributed by atoms with van der Waals surface area (Å²) in [5, 5.41) is 31.4. The maximum atomic E-state index is 10.9. The quantitative estimate of drug-likeness (QED) is 0.372. The maximum absolute atomic E-state index is 10.9. The lowest BCUT2D eigenvalue weighted by Crippen LogP contribution is -2.17. The topological polar surface area (TPSA) is 60.7 Å². The zero-order valence-corrected chi connectivity index (χ0v) is 19.2. The largest absolute Gasteiger partial charge is 0.507 e. The fourth-order valence-electron chi connectivity index (χ4n) is 4.61. The van der Waals surface area contributed by atoms with Crippen LogP contribution in [0.15, 0.2) is 17.7 Å². The predicted octanol–water partition coefficient (Wildman–Crippen LogP) is 6.94. The Hall–Kier alpha value is -1.48. The number of aliphatic hydroxyl groups is 1. The van der Waals surface area contributed by atoms with E-state index in [0.29, 0.717) is 11.5 Å². The molecule has 3 heteroatoms. The van der Waals surface area contributed by atoms with Gasteiger partial charge in [-0.25, -0.2) is 0 Å². The molecule has 3 nitrogen and oxygen atoms in total. The molecule has 0 saturated carbocycles. The molecule has 0 radical (unpaired) electrons. The molecule has 29 heavy (non-hydrogen) atoms. The highest BCUT2D eigenvalue weighted by molar-refractivity contribution is 5.78. The summed E-state index contributed by atoms with van der Waals surface area (Å²) < 4.78 is 0. The Balaban J connectivity index is 2.36. The van der Waals surface area contributed by atoms with E-state index in [9.17, 15) is 15.3 Å². The summed E-state index contributed by atoms with van der Waals surface area (Å²) in [6.07, 6.45) is 9.71. The second-order valence-corrected chi connectivity index (χ2v) is 10.0. The van der Waals surface area contributed by atoms with Crippen LogP contribution in [0.2, 0.25) is 0 Å². The van der Waals surface area contributed by atoms with Gasteiger partial charge in [-0.3, -0.25) is 0 Å². The number of unbranched alkanes of at least 4 members (excludes halogenated alkanes) is 3. The van der Waals surface area contributed by atoms with E-state index in [0.717, 1.165) is 49.7 Å². The molecule has 0 heterocycles. The van der Waals surface area contributed by atoms with Crippen molar-refractivity contribution in [1.82, 2.24) is 0 Å². The van der Waals surface area contributed by atoms with Crippen LogP contribution in [0.4, 0.5) is 0 Å². The van der Waals surface area contributed by atoms with E-state index in [1.165, 1.54) is 24.8 Å². The van der Waals surface area contributed by atoms with Crippen LogP contribution in [0.25, 0.3) is 5.57 Å². The van der Waals surface area contributed by atoms with Crippen LogP contribution < -0.4 is 0 Å². The lowest BCUT2D eigenvalue weighted by atomic mass is 9.76. The van der Waals surface area contributed by atoms with Crippen molar-refractivity contribution in [3.05, 3.63) is 28.8 Å². The van der Waals surface area contributed by atoms with E-state index in [-0.39, 0.29) is 29.4 Å². The standard InChI is InChI=1S/C26H42O3/c1-6-7-8-9-12-26(4,5)21-15-23(28)25(24(29)16-21)22-14-18(2)10-11-20(22)13-19(3)17-27/h15-16,18-19,27-29H,6-14,17H2,1-5H3. The molecular formula is C26H42O3. The molecule has 1 aromatic carbocycles. The highest BCUT2D eigenvalue weighted by atomic mass is 16.3. The third-order valence-electron chi connectivity index (χ3n) is 6.66. The Morgan fingerprint density at radius 1 is 1.10 bits per heavy atom. The fourth-order valence-corrected chi connectivity index (χ4v) is 4.61. The number of allylic oxidation sites excluding steroid dienone is 2. The number of benzene rings is 1. The number of rotatable bonds is 10. The molecule has 1 aliphatic rings. The molecule has 1 aromatic rings. The van der Waals surface area contributed by atoms with E-state index in [1.54, 1.807) is 0 Å². The number of hydrogen-bond donors (Lipinski definition) is 3. The van der Waals surface area contributed by atoms with Gasteiger partial charge < -0.3 is 15.3 Å². The molecule has 0 aromatic heterocycles. The van der Waals surface area contributed by atoms with Gasteiger partial charge in [-0.1, -0.05) is 65.9 Å². The van der Waals surface area contributed by atoms with Gasteiger partial charge in [0.15, 0.2) is 0 Å². The second-order valence-electron chi connectivity index (χ2n) is 10.0. The first-order valence-corrected chi connectivity index (χ1v) is 11.6. The monoisotopic (exact) mass is 402 g/mol. The second kappa shape index (κ2) is 10.5. The van der Waals surface area contributed by atoms with E-state index in [4.69, 9.17) is 0 Å². The Morgan fingerprint density at radius 3 is 2.34 bits per heavy atom. The summed E-state index contributed by atoms with van der Waals surface area (Å²) in [4.78, 5) is 0. The zero-order valence-electron chi connectivity index (χ0n) is 19.2. The number of phenolic OH excluding ortho intramolecular Hbond substituents is 2. The summed E-state index contributed by atoms with van der Waals surface area (Å²) in [6, 6.07) is 3.74. The first kappa shape index (κ1) is 23.8. The van der Waals surface area contributed by atoms with Gasteiger partial charge in [-0.05, 0) is 72.6 Å². The normalized spacial score (nSPS) is 18.9. The van der Waals surface area contributed by atoms with Crippen molar-refractivity contribution in [2.45, 2.75) is 97.8 Å². The van der Waals surface area contributed by atoms with Gasteiger partial charge in [0, 0.05) is 6.61 Å². The first-order valence-electron chi connectivity index (χ1n) is 11.6. The van der Waals surface area contributed by atoms with Crippen molar-refractivity contribution in [2.24, 2.45) is 11.8 Å². The molecule has 0 amide bonds. The van der Waals surface area contributed by atoms with Gasteiger partial charge in [-0.15, -0.1) is 0 Å². The lowest BCUT2D eigenvalue weighted by molar-refractivity contribution is 0.235. The third-order valence-corrected chi connectivity index (χ3v) is 6.66. The molecule has 164 valence electrons. The van der Waals surface area contributed by atoms with Gasteiger partial charge >= 0.3 is 0 Å². The summed E-state index contributed by atoms with van der Waals surface area (Å²) in [5.74, 6) is 1.12.